The molecule has 0 fully saturated rings. The number of amidine groups is 1. The van der Waals surface area contributed by atoms with Crippen LogP contribution in [-0.4, -0.2) is 12.9 Å². The van der Waals surface area contributed by atoms with Crippen LogP contribution in [0.3, 0.4) is 0 Å². The summed E-state index contributed by atoms with van der Waals surface area (Å²) in [5.74, 6) is 1.35. The number of para-hydroxylation sites is 1. The second-order valence-corrected chi connectivity index (χ2v) is 5.53. The fraction of sp³-hybridized carbons (Fsp3) is 0.0455. The first kappa shape index (κ1) is 16.5. The van der Waals surface area contributed by atoms with Gasteiger partial charge in [-0.25, -0.2) is 4.99 Å². The third kappa shape index (κ3) is 4.36. The van der Waals surface area contributed by atoms with Crippen molar-refractivity contribution in [1.29, 1.82) is 0 Å². The maximum atomic E-state index is 6.23. The van der Waals surface area contributed by atoms with Gasteiger partial charge in [-0.1, -0.05) is 66.7 Å². The van der Waals surface area contributed by atoms with Gasteiger partial charge in [0.05, 0.1) is 12.8 Å². The summed E-state index contributed by atoms with van der Waals surface area (Å²) in [4.78, 5) is 4.51. The summed E-state index contributed by atoms with van der Waals surface area (Å²) in [5, 5.41) is 0. The van der Waals surface area contributed by atoms with Gasteiger partial charge in [-0.05, 0) is 35.4 Å². The van der Waals surface area contributed by atoms with Crippen molar-refractivity contribution in [2.45, 2.75) is 0 Å². The maximum absolute atomic E-state index is 6.23. The Morgan fingerprint density at radius 1 is 0.840 bits per heavy atom. The normalized spacial score (nSPS) is 11.6. The van der Waals surface area contributed by atoms with Crippen LogP contribution in [0.1, 0.15) is 16.7 Å². The van der Waals surface area contributed by atoms with Crippen LogP contribution >= 0.6 is 0 Å². The second-order valence-electron chi connectivity index (χ2n) is 5.53. The number of ether oxygens (including phenoxy) is 1. The van der Waals surface area contributed by atoms with E-state index in [0.717, 1.165) is 28.1 Å². The number of hydrogen-bond donors (Lipinski definition) is 1. The fourth-order valence-corrected chi connectivity index (χ4v) is 2.48. The molecule has 0 spiro atoms. The molecule has 0 radical (unpaired) electrons. The van der Waals surface area contributed by atoms with Crippen LogP contribution in [0.5, 0.6) is 5.75 Å². The molecule has 0 aliphatic heterocycles. The Morgan fingerprint density at radius 2 is 1.52 bits per heavy atom. The van der Waals surface area contributed by atoms with E-state index in [1.165, 1.54) is 0 Å². The predicted molar refractivity (Wildman–Crippen MR) is 105 cm³/mol. The van der Waals surface area contributed by atoms with Gasteiger partial charge >= 0.3 is 0 Å². The lowest BCUT2D eigenvalue weighted by atomic mass is 10.0. The van der Waals surface area contributed by atoms with Crippen molar-refractivity contribution in [1.82, 2.24) is 0 Å². The lowest BCUT2D eigenvalue weighted by Gasteiger charge is -2.06. The van der Waals surface area contributed by atoms with E-state index in [1.807, 2.05) is 91.0 Å². The molecule has 0 heterocycles. The number of nitrogens with two attached hydrogens (primary N) is 1. The van der Waals surface area contributed by atoms with Gasteiger partial charge in [0, 0.05) is 5.56 Å². The van der Waals surface area contributed by atoms with Crippen molar-refractivity contribution in [2.75, 3.05) is 7.11 Å². The number of benzene rings is 3. The first-order chi connectivity index (χ1) is 12.3. The van der Waals surface area contributed by atoms with Gasteiger partial charge in [0.1, 0.15) is 11.6 Å². The predicted octanol–water partition coefficient (Wildman–Crippen LogP) is 4.90. The van der Waals surface area contributed by atoms with Crippen molar-refractivity contribution in [2.24, 2.45) is 10.7 Å². The summed E-state index contributed by atoms with van der Waals surface area (Å²) in [6, 6.07) is 25.6. The molecule has 2 N–H and O–H groups in total. The van der Waals surface area contributed by atoms with Gasteiger partial charge in [0.25, 0.3) is 0 Å². The first-order valence-corrected chi connectivity index (χ1v) is 8.07. The number of aliphatic imine (C=N–C) groups is 1. The van der Waals surface area contributed by atoms with Crippen LogP contribution in [0.2, 0.25) is 0 Å². The van der Waals surface area contributed by atoms with Crippen molar-refractivity contribution in [3.8, 4) is 5.75 Å². The number of methoxy groups -OCH3 is 1. The fourth-order valence-electron chi connectivity index (χ4n) is 2.48. The van der Waals surface area contributed by atoms with E-state index in [9.17, 15) is 0 Å². The van der Waals surface area contributed by atoms with Crippen LogP contribution in [0.25, 0.3) is 12.2 Å². The summed E-state index contributed by atoms with van der Waals surface area (Å²) in [6.07, 6.45) is 4.10. The van der Waals surface area contributed by atoms with Crippen LogP contribution in [-0.2, 0) is 0 Å². The van der Waals surface area contributed by atoms with Crippen molar-refractivity contribution >= 4 is 23.7 Å². The van der Waals surface area contributed by atoms with Gasteiger partial charge in [0.2, 0.25) is 0 Å². The topological polar surface area (TPSA) is 47.6 Å². The third-order valence-corrected chi connectivity index (χ3v) is 3.81. The van der Waals surface area contributed by atoms with E-state index >= 15 is 0 Å². The monoisotopic (exact) mass is 328 g/mol. The number of nitrogens with zero attached hydrogens (tertiary/aromatic N) is 1. The molecule has 0 saturated carbocycles. The molecular weight excluding hydrogens is 308 g/mol. The number of rotatable bonds is 5. The molecule has 0 atom stereocenters. The average Bonchev–Trinajstić information content (AvgIpc) is 2.68. The molecule has 0 unspecified atom stereocenters. The minimum atomic E-state index is 0.501. The molecule has 0 bridgehead atoms. The Morgan fingerprint density at radius 3 is 2.24 bits per heavy atom. The van der Waals surface area contributed by atoms with E-state index in [0.29, 0.717) is 5.84 Å². The van der Waals surface area contributed by atoms with Crippen LogP contribution in [0, 0.1) is 0 Å². The van der Waals surface area contributed by atoms with Crippen LogP contribution in [0.15, 0.2) is 83.9 Å². The van der Waals surface area contributed by atoms with E-state index in [-0.39, 0.29) is 0 Å². The zero-order valence-electron chi connectivity index (χ0n) is 14.1. The third-order valence-electron chi connectivity index (χ3n) is 3.81. The highest BCUT2D eigenvalue weighted by Gasteiger charge is 2.03. The highest BCUT2D eigenvalue weighted by Crippen LogP contribution is 2.18. The maximum Gasteiger partial charge on any atom is 0.131 e. The first-order valence-electron chi connectivity index (χ1n) is 8.07. The molecule has 3 aromatic carbocycles. The summed E-state index contributed by atoms with van der Waals surface area (Å²) >= 11 is 0. The van der Waals surface area contributed by atoms with Gasteiger partial charge in [-0.2, -0.15) is 0 Å². The van der Waals surface area contributed by atoms with Crippen molar-refractivity contribution in [3.63, 3.8) is 0 Å². The zero-order valence-corrected chi connectivity index (χ0v) is 14.1. The van der Waals surface area contributed by atoms with E-state index in [1.54, 1.807) is 7.11 Å². The molecule has 0 aliphatic carbocycles. The molecule has 3 rings (SSSR count). The molecule has 3 aromatic rings. The summed E-state index contributed by atoms with van der Waals surface area (Å²) in [6.45, 7) is 0. The minimum Gasteiger partial charge on any atom is -0.497 e. The smallest absolute Gasteiger partial charge is 0.131 e. The lowest BCUT2D eigenvalue weighted by Crippen LogP contribution is -2.14. The Kier molecular flexibility index (Phi) is 5.27. The summed E-state index contributed by atoms with van der Waals surface area (Å²) in [5.41, 5.74) is 10.1. The zero-order chi connectivity index (χ0) is 17.5. The lowest BCUT2D eigenvalue weighted by molar-refractivity contribution is 0.415. The molecular formula is C22H20N2O. The Labute approximate surface area is 148 Å². The molecule has 0 saturated heterocycles. The second kappa shape index (κ2) is 7.97. The largest absolute Gasteiger partial charge is 0.497 e. The molecule has 0 amide bonds. The SMILES string of the molecule is COc1ccc(/C=C/c2ccccc2/C(N)=N/c2ccccc2)cc1. The Hall–Kier alpha value is -3.33. The average molecular weight is 328 g/mol. The van der Waals surface area contributed by atoms with E-state index < -0.39 is 0 Å². The van der Waals surface area contributed by atoms with Gasteiger partial charge in [-0.3, -0.25) is 0 Å². The van der Waals surface area contributed by atoms with E-state index in [2.05, 4.69) is 4.99 Å². The van der Waals surface area contributed by atoms with Crippen molar-refractivity contribution < 1.29 is 4.74 Å². The van der Waals surface area contributed by atoms with Crippen molar-refractivity contribution in [3.05, 3.63) is 95.6 Å². The minimum absolute atomic E-state index is 0.501. The summed E-state index contributed by atoms with van der Waals surface area (Å²) < 4.78 is 5.18. The Balaban J connectivity index is 1.87. The molecule has 3 heteroatoms. The van der Waals surface area contributed by atoms with Gasteiger partial charge in [-0.15, -0.1) is 0 Å². The molecule has 0 aliphatic rings. The van der Waals surface area contributed by atoms with Crippen LogP contribution < -0.4 is 10.5 Å². The highest BCUT2D eigenvalue weighted by atomic mass is 16.5. The molecule has 124 valence electrons. The van der Waals surface area contributed by atoms with Gasteiger partial charge < -0.3 is 10.5 Å². The highest BCUT2D eigenvalue weighted by molar-refractivity contribution is 6.02. The Bertz CT molecular complexity index is 881. The van der Waals surface area contributed by atoms with Crippen LogP contribution in [0.4, 0.5) is 5.69 Å². The molecule has 0 aromatic heterocycles. The summed E-state index contributed by atoms with van der Waals surface area (Å²) in [7, 11) is 1.66. The van der Waals surface area contributed by atoms with E-state index in [4.69, 9.17) is 10.5 Å². The quantitative estimate of drug-likeness (QED) is 0.411. The molecule has 3 nitrogen and oxygen atoms in total. The standard InChI is InChI=1S/C22H20N2O/c1-25-20-15-12-17(13-16-20)11-14-18-7-5-6-10-21(18)22(23)24-19-8-3-2-4-9-19/h2-16H,1H3,(H2,23,24)/b14-11+. The molecule has 25 heavy (non-hydrogen) atoms. The number of hydrogen-bond acceptors (Lipinski definition) is 2. The van der Waals surface area contributed by atoms with Gasteiger partial charge in [0.15, 0.2) is 0 Å².